The number of nitrogens with zero attached hydrogens (tertiary/aromatic N) is 4. The molecule has 11 aromatic rings. The minimum atomic E-state index is 0.585. The van der Waals surface area contributed by atoms with Gasteiger partial charge in [-0.05, 0) is 30.3 Å². The van der Waals surface area contributed by atoms with Crippen molar-refractivity contribution in [3.05, 3.63) is 158 Å². The second kappa shape index (κ2) is 10.7. The maximum atomic E-state index is 6.74. The molecule has 6 nitrogen and oxygen atoms in total. The van der Waals surface area contributed by atoms with Crippen LogP contribution in [0, 0.1) is 0 Å². The summed E-state index contributed by atoms with van der Waals surface area (Å²) in [4.78, 5) is 15.0. The monoisotopic (exact) mass is 654 g/mol. The van der Waals surface area contributed by atoms with E-state index < -0.39 is 0 Å². The van der Waals surface area contributed by atoms with Crippen LogP contribution in [-0.4, -0.2) is 19.5 Å². The Bertz CT molecular complexity index is 3030. The molecule has 51 heavy (non-hydrogen) atoms. The Hall–Kier alpha value is -7.05. The van der Waals surface area contributed by atoms with Gasteiger partial charge in [0.1, 0.15) is 16.7 Å². The molecule has 0 aliphatic rings. The summed E-state index contributed by atoms with van der Waals surface area (Å²) >= 11 is 0. The second-order valence-electron chi connectivity index (χ2n) is 12.8. The fourth-order valence-corrected chi connectivity index (χ4v) is 7.58. The normalized spacial score (nSPS) is 11.9. The van der Waals surface area contributed by atoms with Crippen LogP contribution in [0.15, 0.2) is 167 Å². The highest BCUT2D eigenvalue weighted by Gasteiger charge is 2.21. The summed E-state index contributed by atoms with van der Waals surface area (Å²) in [6, 6.07) is 53.8. The fraction of sp³-hybridized carbons (Fsp3) is 0. The molecule has 0 saturated carbocycles. The van der Waals surface area contributed by atoms with Crippen LogP contribution >= 0.6 is 0 Å². The van der Waals surface area contributed by atoms with Crippen LogP contribution in [0.4, 0.5) is 0 Å². The van der Waals surface area contributed by atoms with Gasteiger partial charge in [0.25, 0.3) is 0 Å². The SMILES string of the molecule is c1ccc(-c2nc(-c3ccccc3)nc(-c3cccc4oc5cc6oc7c(-n8c9ccccc9c9ccccc98)cccc7c6cc5c34)n2)cc1. The average Bonchev–Trinajstić information content (AvgIpc) is 3.86. The third-order valence-electron chi connectivity index (χ3n) is 9.85. The summed E-state index contributed by atoms with van der Waals surface area (Å²) in [7, 11) is 0. The van der Waals surface area contributed by atoms with Crippen molar-refractivity contribution in [3.8, 4) is 39.9 Å². The smallest absolute Gasteiger partial charge is 0.164 e. The number of hydrogen-bond donors (Lipinski definition) is 0. The molecule has 0 aliphatic carbocycles. The average molecular weight is 655 g/mol. The van der Waals surface area contributed by atoms with Gasteiger partial charge in [-0.2, -0.15) is 0 Å². The molecule has 0 atom stereocenters. The Morgan fingerprint density at radius 3 is 1.65 bits per heavy atom. The first-order chi connectivity index (χ1) is 25.3. The molecule has 0 fully saturated rings. The molecule has 0 N–H and O–H groups in total. The van der Waals surface area contributed by atoms with Crippen LogP contribution in [0.3, 0.4) is 0 Å². The molecule has 0 spiro atoms. The first-order valence-electron chi connectivity index (χ1n) is 16.9. The third kappa shape index (κ3) is 4.20. The number of hydrogen-bond acceptors (Lipinski definition) is 5. The lowest BCUT2D eigenvalue weighted by molar-refractivity contribution is 0.655. The van der Waals surface area contributed by atoms with Gasteiger partial charge < -0.3 is 13.4 Å². The molecule has 11 rings (SSSR count). The van der Waals surface area contributed by atoms with E-state index in [1.807, 2.05) is 78.9 Å². The first-order valence-corrected chi connectivity index (χ1v) is 16.9. The lowest BCUT2D eigenvalue weighted by Gasteiger charge is -2.09. The Morgan fingerprint density at radius 2 is 0.961 bits per heavy atom. The molecule has 0 unspecified atom stereocenters. The highest BCUT2D eigenvalue weighted by atomic mass is 16.3. The third-order valence-corrected chi connectivity index (χ3v) is 9.85. The van der Waals surface area contributed by atoms with E-state index in [1.54, 1.807) is 0 Å². The number of aromatic nitrogens is 4. The van der Waals surface area contributed by atoms with Crippen molar-refractivity contribution in [1.29, 1.82) is 0 Å². The zero-order valence-corrected chi connectivity index (χ0v) is 27.1. The van der Waals surface area contributed by atoms with E-state index in [0.717, 1.165) is 77.3 Å². The van der Waals surface area contributed by atoms with Crippen molar-refractivity contribution in [1.82, 2.24) is 19.5 Å². The number of fused-ring (bicyclic) bond motifs is 9. The van der Waals surface area contributed by atoms with E-state index in [4.69, 9.17) is 23.8 Å². The molecule has 238 valence electrons. The van der Waals surface area contributed by atoms with Crippen LogP contribution < -0.4 is 0 Å². The van der Waals surface area contributed by atoms with Gasteiger partial charge in [0, 0.05) is 55.1 Å². The van der Waals surface area contributed by atoms with Gasteiger partial charge in [-0.1, -0.05) is 121 Å². The molecule has 0 saturated heterocycles. The van der Waals surface area contributed by atoms with Crippen molar-refractivity contribution in [2.45, 2.75) is 0 Å². The van der Waals surface area contributed by atoms with E-state index in [0.29, 0.717) is 17.5 Å². The Labute approximate surface area is 290 Å². The molecular formula is C45H26N4O2. The van der Waals surface area contributed by atoms with E-state index in [2.05, 4.69) is 83.4 Å². The van der Waals surface area contributed by atoms with Crippen molar-refractivity contribution in [2.24, 2.45) is 0 Å². The standard InChI is InChI=1S/C45H26N4O2/c1-3-13-27(14-4-1)43-46-44(28-15-5-2-6-16-28)48-45(47-43)32-20-12-24-38-41(32)34-25-33-31-19-11-23-37(42(31)51-39(33)26-40(34)50-38)49-35-21-9-7-17-29(35)30-18-8-10-22-36(30)49/h1-26H. The molecule has 0 radical (unpaired) electrons. The van der Waals surface area contributed by atoms with Gasteiger partial charge in [0.05, 0.1) is 16.7 Å². The summed E-state index contributed by atoms with van der Waals surface area (Å²) in [5, 5.41) is 6.40. The number of rotatable bonds is 4. The van der Waals surface area contributed by atoms with Crippen molar-refractivity contribution >= 4 is 65.7 Å². The summed E-state index contributed by atoms with van der Waals surface area (Å²) in [5.74, 6) is 1.82. The highest BCUT2D eigenvalue weighted by molar-refractivity contribution is 6.19. The summed E-state index contributed by atoms with van der Waals surface area (Å²) < 4.78 is 15.6. The van der Waals surface area contributed by atoms with E-state index in [9.17, 15) is 0 Å². The van der Waals surface area contributed by atoms with Crippen LogP contribution in [0.25, 0.3) is 106 Å². The van der Waals surface area contributed by atoms with Crippen molar-refractivity contribution in [2.75, 3.05) is 0 Å². The number of benzene rings is 7. The molecule has 6 heteroatoms. The first kappa shape index (κ1) is 27.9. The minimum absolute atomic E-state index is 0.585. The quantitative estimate of drug-likeness (QED) is 0.189. The topological polar surface area (TPSA) is 69.9 Å². The van der Waals surface area contributed by atoms with E-state index >= 15 is 0 Å². The Kier molecular flexibility index (Phi) is 5.86. The van der Waals surface area contributed by atoms with Gasteiger partial charge in [0.2, 0.25) is 0 Å². The number of para-hydroxylation sites is 3. The maximum absolute atomic E-state index is 6.74. The van der Waals surface area contributed by atoms with Gasteiger partial charge >= 0.3 is 0 Å². The van der Waals surface area contributed by atoms with Gasteiger partial charge in [0.15, 0.2) is 23.1 Å². The number of furan rings is 2. The van der Waals surface area contributed by atoms with E-state index in [-0.39, 0.29) is 0 Å². The fourth-order valence-electron chi connectivity index (χ4n) is 7.58. The Balaban J connectivity index is 1.16. The molecule has 0 amide bonds. The second-order valence-corrected chi connectivity index (χ2v) is 12.8. The van der Waals surface area contributed by atoms with Gasteiger partial charge in [-0.25, -0.2) is 15.0 Å². The van der Waals surface area contributed by atoms with Crippen LogP contribution in [0.1, 0.15) is 0 Å². The lowest BCUT2D eigenvalue weighted by atomic mass is 10.0. The zero-order chi connectivity index (χ0) is 33.5. The van der Waals surface area contributed by atoms with Crippen LogP contribution in [-0.2, 0) is 0 Å². The van der Waals surface area contributed by atoms with Gasteiger partial charge in [-0.15, -0.1) is 0 Å². The summed E-state index contributed by atoms with van der Waals surface area (Å²) in [6.07, 6.45) is 0. The van der Waals surface area contributed by atoms with Crippen LogP contribution in [0.5, 0.6) is 0 Å². The molecular weight excluding hydrogens is 629 g/mol. The van der Waals surface area contributed by atoms with Crippen LogP contribution in [0.2, 0.25) is 0 Å². The minimum Gasteiger partial charge on any atom is -0.456 e. The van der Waals surface area contributed by atoms with E-state index in [1.165, 1.54) is 10.8 Å². The molecule has 4 heterocycles. The molecule has 7 aromatic carbocycles. The summed E-state index contributed by atoms with van der Waals surface area (Å²) in [5.41, 5.74) is 9.09. The molecule has 0 bridgehead atoms. The highest BCUT2D eigenvalue weighted by Crippen LogP contribution is 2.42. The lowest BCUT2D eigenvalue weighted by Crippen LogP contribution is -2.00. The largest absolute Gasteiger partial charge is 0.456 e. The predicted octanol–water partition coefficient (Wildman–Crippen LogP) is 11.8. The Morgan fingerprint density at radius 1 is 0.392 bits per heavy atom. The predicted molar refractivity (Wildman–Crippen MR) is 205 cm³/mol. The zero-order valence-electron chi connectivity index (χ0n) is 27.1. The molecule has 4 aromatic heterocycles. The van der Waals surface area contributed by atoms with Crippen molar-refractivity contribution < 1.29 is 8.83 Å². The van der Waals surface area contributed by atoms with Crippen molar-refractivity contribution in [3.63, 3.8) is 0 Å². The van der Waals surface area contributed by atoms with Gasteiger partial charge in [-0.3, -0.25) is 0 Å². The molecule has 0 aliphatic heterocycles. The maximum Gasteiger partial charge on any atom is 0.164 e. The summed E-state index contributed by atoms with van der Waals surface area (Å²) in [6.45, 7) is 0.